The molecule has 0 atom stereocenters. The highest BCUT2D eigenvalue weighted by molar-refractivity contribution is 5.90. The number of hydrogen-bond donors (Lipinski definition) is 3. The number of urea groups is 1. The van der Waals surface area contributed by atoms with Crippen LogP contribution >= 0.6 is 0 Å². The Labute approximate surface area is 110 Å². The Morgan fingerprint density at radius 3 is 2.30 bits per heavy atom. The van der Waals surface area contributed by atoms with Gasteiger partial charge in [-0.05, 0) is 12.1 Å². The zero-order chi connectivity index (χ0) is 15.4. The fourth-order valence-corrected chi connectivity index (χ4v) is 1.27. The van der Waals surface area contributed by atoms with Gasteiger partial charge in [0.15, 0.2) is 0 Å². The maximum absolute atomic E-state index is 12.6. The molecule has 1 rings (SSSR count). The van der Waals surface area contributed by atoms with Crippen molar-refractivity contribution in [1.82, 2.24) is 5.32 Å². The fourth-order valence-electron chi connectivity index (χ4n) is 1.27. The predicted molar refractivity (Wildman–Crippen MR) is 60.5 cm³/mol. The number of alkyl halides is 5. The highest BCUT2D eigenvalue weighted by atomic mass is 19.4. The molecule has 0 aliphatic heterocycles. The van der Waals surface area contributed by atoms with Crippen LogP contribution in [0.3, 0.4) is 0 Å². The van der Waals surface area contributed by atoms with Gasteiger partial charge in [0.25, 0.3) is 5.92 Å². The number of carbonyl (C=O) groups is 1. The first-order chi connectivity index (χ1) is 9.15. The Kier molecular flexibility index (Phi) is 4.88. The Hall–Kier alpha value is -1.90. The summed E-state index contributed by atoms with van der Waals surface area (Å²) in [7, 11) is 0. The Morgan fingerprint density at radius 2 is 1.75 bits per heavy atom. The molecule has 0 aromatic heterocycles. The molecule has 9 heteroatoms. The molecule has 0 heterocycles. The van der Waals surface area contributed by atoms with Gasteiger partial charge < -0.3 is 15.7 Å². The van der Waals surface area contributed by atoms with Gasteiger partial charge in [-0.2, -0.15) is 13.2 Å². The maximum Gasteiger partial charge on any atom is 0.418 e. The van der Waals surface area contributed by atoms with Gasteiger partial charge in [0.05, 0.1) is 17.8 Å². The van der Waals surface area contributed by atoms with Gasteiger partial charge in [0.1, 0.15) is 6.61 Å². The number of nitrogens with one attached hydrogen (secondary N) is 2. The predicted octanol–water partition coefficient (Wildman–Crippen LogP) is 2.45. The Bertz CT molecular complexity index is 476. The highest BCUT2D eigenvalue weighted by Gasteiger charge is 2.34. The molecular weight excluding hydrogens is 287 g/mol. The van der Waals surface area contributed by atoms with Crippen molar-refractivity contribution in [2.75, 3.05) is 18.5 Å². The largest absolute Gasteiger partial charge is 0.418 e. The number of carbonyl (C=O) groups excluding carboxylic acids is 1. The molecule has 0 saturated heterocycles. The molecule has 0 spiro atoms. The Balaban J connectivity index is 2.72. The van der Waals surface area contributed by atoms with Crippen molar-refractivity contribution in [2.45, 2.75) is 12.1 Å². The van der Waals surface area contributed by atoms with Gasteiger partial charge in [-0.25, -0.2) is 13.6 Å². The van der Waals surface area contributed by atoms with Crippen molar-refractivity contribution in [1.29, 1.82) is 0 Å². The minimum atomic E-state index is -4.68. The highest BCUT2D eigenvalue weighted by Crippen LogP contribution is 2.34. The van der Waals surface area contributed by atoms with Crippen LogP contribution < -0.4 is 10.6 Å². The van der Waals surface area contributed by atoms with E-state index in [1.807, 2.05) is 5.32 Å². The summed E-state index contributed by atoms with van der Waals surface area (Å²) in [4.78, 5) is 11.2. The molecule has 112 valence electrons. The molecule has 4 nitrogen and oxygen atoms in total. The van der Waals surface area contributed by atoms with Gasteiger partial charge >= 0.3 is 12.2 Å². The third-order valence-electron chi connectivity index (χ3n) is 2.22. The molecule has 20 heavy (non-hydrogen) atoms. The van der Waals surface area contributed by atoms with Crippen molar-refractivity contribution in [3.63, 3.8) is 0 Å². The number of para-hydroxylation sites is 1. The number of halogens is 5. The Morgan fingerprint density at radius 1 is 1.15 bits per heavy atom. The lowest BCUT2D eigenvalue weighted by atomic mass is 10.1. The number of benzene rings is 1. The van der Waals surface area contributed by atoms with E-state index in [0.717, 1.165) is 18.2 Å². The van der Waals surface area contributed by atoms with Crippen LogP contribution in [-0.4, -0.2) is 30.2 Å². The van der Waals surface area contributed by atoms with Gasteiger partial charge in [-0.15, -0.1) is 0 Å². The summed E-state index contributed by atoms with van der Waals surface area (Å²) in [5.41, 5.74) is -1.64. The summed E-state index contributed by atoms with van der Waals surface area (Å²) >= 11 is 0. The first-order valence-corrected chi connectivity index (χ1v) is 5.35. The standard InChI is InChI=1S/C11H11F5N2O2/c12-10(13,6-19)5-17-9(20)18-8-4-2-1-3-7(8)11(14,15)16/h1-4,19H,5-6H2,(H2,17,18,20). The smallest absolute Gasteiger partial charge is 0.390 e. The van der Waals surface area contributed by atoms with E-state index in [4.69, 9.17) is 5.11 Å². The van der Waals surface area contributed by atoms with E-state index in [-0.39, 0.29) is 0 Å². The van der Waals surface area contributed by atoms with Gasteiger partial charge in [0, 0.05) is 0 Å². The molecule has 3 N–H and O–H groups in total. The minimum Gasteiger partial charge on any atom is -0.390 e. The van der Waals surface area contributed by atoms with E-state index < -0.39 is 42.5 Å². The summed E-state index contributed by atoms with van der Waals surface area (Å²) in [6, 6.07) is 2.90. The second-order valence-corrected chi connectivity index (χ2v) is 3.87. The van der Waals surface area contributed by atoms with E-state index in [1.165, 1.54) is 6.07 Å². The zero-order valence-electron chi connectivity index (χ0n) is 9.97. The molecule has 1 aromatic carbocycles. The molecule has 0 unspecified atom stereocenters. The van der Waals surface area contributed by atoms with Crippen LogP contribution in [0.25, 0.3) is 0 Å². The lowest BCUT2D eigenvalue weighted by Gasteiger charge is -2.16. The fraction of sp³-hybridized carbons (Fsp3) is 0.364. The molecule has 0 aliphatic carbocycles. The second-order valence-electron chi connectivity index (χ2n) is 3.87. The van der Waals surface area contributed by atoms with Crippen molar-refractivity contribution in [2.24, 2.45) is 0 Å². The van der Waals surface area contributed by atoms with E-state index >= 15 is 0 Å². The summed E-state index contributed by atoms with van der Waals surface area (Å²) in [6.45, 7) is -2.67. The SMILES string of the molecule is O=C(NCC(F)(F)CO)Nc1ccccc1C(F)(F)F. The average molecular weight is 298 g/mol. The quantitative estimate of drug-likeness (QED) is 0.748. The average Bonchev–Trinajstić information content (AvgIpc) is 2.36. The molecule has 2 amide bonds. The van der Waals surface area contributed by atoms with Crippen molar-refractivity contribution < 1.29 is 31.9 Å². The second kappa shape index (κ2) is 6.04. The lowest BCUT2D eigenvalue weighted by Crippen LogP contribution is -2.41. The van der Waals surface area contributed by atoms with Crippen LogP contribution in [0.15, 0.2) is 24.3 Å². The number of anilines is 1. The number of aliphatic hydroxyl groups is 1. The van der Waals surface area contributed by atoms with Crippen LogP contribution in [0.1, 0.15) is 5.56 Å². The van der Waals surface area contributed by atoms with Gasteiger partial charge in [0.2, 0.25) is 0 Å². The molecule has 0 fully saturated rings. The number of amides is 2. The van der Waals surface area contributed by atoms with Gasteiger partial charge in [-0.3, -0.25) is 0 Å². The summed E-state index contributed by atoms with van der Waals surface area (Å²) in [5, 5.41) is 11.8. The van der Waals surface area contributed by atoms with E-state index in [1.54, 1.807) is 5.32 Å². The number of rotatable bonds is 4. The molecule has 0 saturated carbocycles. The van der Waals surface area contributed by atoms with Crippen LogP contribution in [0.2, 0.25) is 0 Å². The van der Waals surface area contributed by atoms with Crippen LogP contribution in [-0.2, 0) is 6.18 Å². The molecule has 0 radical (unpaired) electrons. The van der Waals surface area contributed by atoms with E-state index in [9.17, 15) is 26.7 Å². The van der Waals surface area contributed by atoms with E-state index in [2.05, 4.69) is 0 Å². The molecule has 0 aliphatic rings. The van der Waals surface area contributed by atoms with Crippen LogP contribution in [0.4, 0.5) is 32.4 Å². The number of hydrogen-bond acceptors (Lipinski definition) is 2. The van der Waals surface area contributed by atoms with Gasteiger partial charge in [-0.1, -0.05) is 12.1 Å². The third kappa shape index (κ3) is 4.65. The zero-order valence-corrected chi connectivity index (χ0v) is 9.97. The topological polar surface area (TPSA) is 61.4 Å². The van der Waals surface area contributed by atoms with Crippen molar-refractivity contribution in [3.05, 3.63) is 29.8 Å². The normalized spacial score (nSPS) is 12.1. The molecular formula is C11H11F5N2O2. The first kappa shape index (κ1) is 16.2. The van der Waals surface area contributed by atoms with Crippen LogP contribution in [0, 0.1) is 0 Å². The summed E-state index contributed by atoms with van der Waals surface area (Å²) in [5.74, 6) is -3.54. The van der Waals surface area contributed by atoms with E-state index in [0.29, 0.717) is 0 Å². The van der Waals surface area contributed by atoms with Crippen molar-refractivity contribution >= 4 is 11.7 Å². The van der Waals surface area contributed by atoms with Crippen molar-refractivity contribution in [3.8, 4) is 0 Å². The summed E-state index contributed by atoms with van der Waals surface area (Å²) in [6.07, 6.45) is -4.68. The monoisotopic (exact) mass is 298 g/mol. The number of aliphatic hydroxyl groups excluding tert-OH is 1. The lowest BCUT2D eigenvalue weighted by molar-refractivity contribution is -0.136. The maximum atomic E-state index is 12.6. The molecule has 0 bridgehead atoms. The first-order valence-electron chi connectivity index (χ1n) is 5.35. The minimum absolute atomic E-state index is 0.551. The summed E-state index contributed by atoms with van der Waals surface area (Å²) < 4.78 is 63.1. The third-order valence-corrected chi connectivity index (χ3v) is 2.22. The molecule has 1 aromatic rings. The van der Waals surface area contributed by atoms with Crippen LogP contribution in [0.5, 0.6) is 0 Å².